The Morgan fingerprint density at radius 1 is 1.40 bits per heavy atom. The summed E-state index contributed by atoms with van der Waals surface area (Å²) in [5.74, 6) is 0. The van der Waals surface area contributed by atoms with Crippen molar-refractivity contribution < 1.29 is 0 Å². The van der Waals surface area contributed by atoms with Gasteiger partial charge in [-0.25, -0.2) is 0 Å². The third kappa shape index (κ3) is 5.01. The molecule has 0 aromatic rings. The molecule has 15 heavy (non-hydrogen) atoms. The minimum absolute atomic E-state index is 0.931. The van der Waals surface area contributed by atoms with Gasteiger partial charge in [-0.15, -0.1) is 0 Å². The van der Waals surface area contributed by atoms with Gasteiger partial charge in [0.2, 0.25) is 0 Å². The molecule has 2 nitrogen and oxygen atoms in total. The summed E-state index contributed by atoms with van der Waals surface area (Å²) in [7, 11) is 1.73. The highest BCUT2D eigenvalue weighted by Crippen LogP contribution is 2.13. The van der Waals surface area contributed by atoms with Crippen molar-refractivity contribution in [2.45, 2.75) is 20.3 Å². The molecule has 0 unspecified atom stereocenters. The number of aliphatic imine (C=N–C) groups is 1. The molecule has 2 heteroatoms. The van der Waals surface area contributed by atoms with E-state index in [0.29, 0.717) is 0 Å². The lowest BCUT2D eigenvalue weighted by atomic mass is 10.0. The summed E-state index contributed by atoms with van der Waals surface area (Å²) >= 11 is 0. The van der Waals surface area contributed by atoms with E-state index in [0.717, 1.165) is 23.1 Å². The SMILES string of the molecule is C=C\C(C)=C/C(=C/CC)C(/C=NC)=C/N. The molecule has 82 valence electrons. The maximum absolute atomic E-state index is 5.56. The van der Waals surface area contributed by atoms with Crippen molar-refractivity contribution in [2.24, 2.45) is 10.7 Å². The predicted octanol–water partition coefficient (Wildman–Crippen LogP) is 3.00. The Balaban J connectivity index is 5.14. The Hall–Kier alpha value is -1.57. The summed E-state index contributed by atoms with van der Waals surface area (Å²) in [5.41, 5.74) is 8.68. The largest absolute Gasteiger partial charge is 0.404 e. The fraction of sp³-hybridized carbons (Fsp3) is 0.308. The molecule has 0 atom stereocenters. The van der Waals surface area contributed by atoms with E-state index in [4.69, 9.17) is 5.73 Å². The first kappa shape index (κ1) is 13.4. The molecule has 0 amide bonds. The van der Waals surface area contributed by atoms with E-state index >= 15 is 0 Å². The Bertz CT molecular complexity index is 317. The zero-order valence-corrected chi connectivity index (χ0v) is 9.83. The van der Waals surface area contributed by atoms with Gasteiger partial charge in [-0.1, -0.05) is 37.3 Å². The van der Waals surface area contributed by atoms with Gasteiger partial charge in [-0.2, -0.15) is 0 Å². The van der Waals surface area contributed by atoms with Crippen LogP contribution < -0.4 is 5.73 Å². The van der Waals surface area contributed by atoms with E-state index in [1.165, 1.54) is 0 Å². The molecule has 0 bridgehead atoms. The Morgan fingerprint density at radius 3 is 2.47 bits per heavy atom. The van der Waals surface area contributed by atoms with Gasteiger partial charge < -0.3 is 5.73 Å². The molecular weight excluding hydrogens is 184 g/mol. The van der Waals surface area contributed by atoms with Crippen molar-refractivity contribution in [2.75, 3.05) is 7.05 Å². The molecule has 0 radical (unpaired) electrons. The van der Waals surface area contributed by atoms with Gasteiger partial charge in [-0.05, 0) is 18.9 Å². The van der Waals surface area contributed by atoms with Crippen molar-refractivity contribution in [3.63, 3.8) is 0 Å². The number of hydrogen-bond acceptors (Lipinski definition) is 2. The van der Waals surface area contributed by atoms with Crippen molar-refractivity contribution in [1.82, 2.24) is 0 Å². The van der Waals surface area contributed by atoms with Crippen LogP contribution in [0.3, 0.4) is 0 Å². The van der Waals surface area contributed by atoms with Crippen LogP contribution in [0.1, 0.15) is 20.3 Å². The lowest BCUT2D eigenvalue weighted by Gasteiger charge is -2.03. The first-order chi connectivity index (χ1) is 7.19. The van der Waals surface area contributed by atoms with Gasteiger partial charge in [0, 0.05) is 25.0 Å². The monoisotopic (exact) mass is 204 g/mol. The Kier molecular flexibility index (Phi) is 6.98. The summed E-state index contributed by atoms with van der Waals surface area (Å²) < 4.78 is 0. The molecule has 0 spiro atoms. The second kappa shape index (κ2) is 7.80. The average Bonchev–Trinajstić information content (AvgIpc) is 2.25. The predicted molar refractivity (Wildman–Crippen MR) is 69.0 cm³/mol. The smallest absolute Gasteiger partial charge is 0.0301 e. The zero-order chi connectivity index (χ0) is 11.7. The third-order valence-corrected chi connectivity index (χ3v) is 1.91. The standard InChI is InChI=1S/C13H20N2/c1-5-7-12(8-11(3)6-2)13(9-14)10-15-4/h6-10H,2,5,14H2,1,3-4H3/b11-8-,12-7-,13-9+,15-10?. The van der Waals surface area contributed by atoms with E-state index in [9.17, 15) is 0 Å². The zero-order valence-electron chi connectivity index (χ0n) is 9.83. The molecule has 0 aliphatic heterocycles. The highest BCUT2D eigenvalue weighted by Gasteiger charge is 1.98. The molecule has 0 rings (SSSR count). The van der Waals surface area contributed by atoms with Crippen molar-refractivity contribution in [3.05, 3.63) is 47.7 Å². The lowest BCUT2D eigenvalue weighted by Crippen LogP contribution is -1.94. The number of nitrogens with two attached hydrogens (primary N) is 1. The topological polar surface area (TPSA) is 38.4 Å². The van der Waals surface area contributed by atoms with Crippen LogP contribution in [0, 0.1) is 0 Å². The summed E-state index contributed by atoms with van der Waals surface area (Å²) in [4.78, 5) is 3.97. The quantitative estimate of drug-likeness (QED) is 0.542. The minimum Gasteiger partial charge on any atom is -0.404 e. The highest BCUT2D eigenvalue weighted by atomic mass is 14.6. The number of rotatable bonds is 5. The van der Waals surface area contributed by atoms with Gasteiger partial charge in [0.15, 0.2) is 0 Å². The molecule has 2 N–H and O–H groups in total. The molecule has 0 saturated heterocycles. The lowest BCUT2D eigenvalue weighted by molar-refractivity contribution is 1.20. The number of nitrogens with zero attached hydrogens (tertiary/aromatic N) is 1. The first-order valence-corrected chi connectivity index (χ1v) is 5.04. The Morgan fingerprint density at radius 2 is 2.07 bits per heavy atom. The van der Waals surface area contributed by atoms with Crippen molar-refractivity contribution in [1.29, 1.82) is 0 Å². The second-order valence-electron chi connectivity index (χ2n) is 3.17. The van der Waals surface area contributed by atoms with Gasteiger partial charge in [0.1, 0.15) is 0 Å². The van der Waals surface area contributed by atoms with E-state index in [2.05, 4.69) is 30.6 Å². The van der Waals surface area contributed by atoms with Gasteiger partial charge in [0.25, 0.3) is 0 Å². The van der Waals surface area contributed by atoms with E-state index in [1.54, 1.807) is 19.5 Å². The average molecular weight is 204 g/mol. The molecule has 0 aromatic heterocycles. The summed E-state index contributed by atoms with van der Waals surface area (Å²) in [6, 6.07) is 0. The van der Waals surface area contributed by atoms with Crippen LogP contribution in [0.2, 0.25) is 0 Å². The second-order valence-corrected chi connectivity index (χ2v) is 3.17. The van der Waals surface area contributed by atoms with Crippen LogP contribution in [-0.4, -0.2) is 13.3 Å². The molecule has 0 aromatic carbocycles. The molecule has 0 aliphatic rings. The molecule has 0 heterocycles. The van der Waals surface area contributed by atoms with Crippen LogP contribution in [0.25, 0.3) is 0 Å². The fourth-order valence-corrected chi connectivity index (χ4v) is 1.14. The maximum atomic E-state index is 5.56. The summed E-state index contributed by atoms with van der Waals surface area (Å²) in [5, 5.41) is 0. The molecule has 0 fully saturated rings. The van der Waals surface area contributed by atoms with Crippen LogP contribution in [-0.2, 0) is 0 Å². The van der Waals surface area contributed by atoms with Gasteiger partial charge in [0.05, 0.1) is 0 Å². The number of allylic oxidation sites excluding steroid dienone is 6. The Labute approximate surface area is 92.6 Å². The molecule has 0 aliphatic carbocycles. The number of hydrogen-bond donors (Lipinski definition) is 1. The van der Waals surface area contributed by atoms with Crippen LogP contribution in [0.4, 0.5) is 0 Å². The molecule has 0 saturated carbocycles. The first-order valence-electron chi connectivity index (χ1n) is 5.04. The highest BCUT2D eigenvalue weighted by molar-refractivity contribution is 5.85. The summed E-state index contributed by atoms with van der Waals surface area (Å²) in [6.07, 6.45) is 10.3. The van der Waals surface area contributed by atoms with E-state index in [-0.39, 0.29) is 0 Å². The van der Waals surface area contributed by atoms with Crippen LogP contribution >= 0.6 is 0 Å². The van der Waals surface area contributed by atoms with E-state index in [1.807, 2.05) is 13.0 Å². The normalized spacial score (nSPS) is 14.7. The van der Waals surface area contributed by atoms with Gasteiger partial charge in [-0.3, -0.25) is 4.99 Å². The fourth-order valence-electron chi connectivity index (χ4n) is 1.14. The van der Waals surface area contributed by atoms with Crippen LogP contribution in [0.5, 0.6) is 0 Å². The molecular formula is C13H20N2. The van der Waals surface area contributed by atoms with Crippen LogP contribution in [0.15, 0.2) is 52.7 Å². The van der Waals surface area contributed by atoms with Crippen molar-refractivity contribution in [3.8, 4) is 0 Å². The van der Waals surface area contributed by atoms with Gasteiger partial charge >= 0.3 is 0 Å². The van der Waals surface area contributed by atoms with Crippen molar-refractivity contribution >= 4 is 6.21 Å². The minimum atomic E-state index is 0.931. The summed E-state index contributed by atoms with van der Waals surface area (Å²) in [6.45, 7) is 7.82. The van der Waals surface area contributed by atoms with E-state index < -0.39 is 0 Å². The third-order valence-electron chi connectivity index (χ3n) is 1.91. The maximum Gasteiger partial charge on any atom is 0.0301 e.